The summed E-state index contributed by atoms with van der Waals surface area (Å²) in [4.78, 5) is 24.8. The van der Waals surface area contributed by atoms with Crippen molar-refractivity contribution in [3.8, 4) is 0 Å². The second-order valence-electron chi connectivity index (χ2n) is 7.50. The Balaban J connectivity index is 1.62. The third-order valence-corrected chi connectivity index (χ3v) is 4.74. The molecule has 2 aromatic rings. The maximum atomic E-state index is 13.2. The van der Waals surface area contributed by atoms with E-state index in [4.69, 9.17) is 0 Å². The summed E-state index contributed by atoms with van der Waals surface area (Å²) in [5, 5.41) is 8.99. The molecule has 3 N–H and O–H groups in total. The highest BCUT2D eigenvalue weighted by molar-refractivity contribution is 6.04. The van der Waals surface area contributed by atoms with Gasteiger partial charge in [-0.1, -0.05) is 38.1 Å². The fourth-order valence-corrected chi connectivity index (χ4v) is 3.09. The van der Waals surface area contributed by atoms with Crippen molar-refractivity contribution in [2.75, 3.05) is 11.9 Å². The van der Waals surface area contributed by atoms with Gasteiger partial charge in [-0.2, -0.15) is 0 Å². The van der Waals surface area contributed by atoms with E-state index < -0.39 is 0 Å². The molecule has 28 heavy (non-hydrogen) atoms. The third-order valence-electron chi connectivity index (χ3n) is 4.74. The molecule has 1 unspecified atom stereocenters. The summed E-state index contributed by atoms with van der Waals surface area (Å²) in [7, 11) is 0. The largest absolute Gasteiger partial charge is 0.349 e. The molecule has 1 aliphatic carbocycles. The zero-order valence-corrected chi connectivity index (χ0v) is 16.2. The smallest absolute Gasteiger partial charge is 0.253 e. The monoisotopic (exact) mass is 383 g/mol. The Morgan fingerprint density at radius 2 is 1.75 bits per heavy atom. The first-order valence-corrected chi connectivity index (χ1v) is 9.62. The molecule has 0 heterocycles. The number of hydrogen-bond donors (Lipinski definition) is 3. The van der Waals surface area contributed by atoms with Gasteiger partial charge in [0, 0.05) is 12.1 Å². The zero-order chi connectivity index (χ0) is 20.1. The average Bonchev–Trinajstić information content (AvgIpc) is 3.47. The summed E-state index contributed by atoms with van der Waals surface area (Å²) >= 11 is 0. The van der Waals surface area contributed by atoms with Gasteiger partial charge in [0.25, 0.3) is 5.91 Å². The Bertz CT molecular complexity index is 832. The van der Waals surface area contributed by atoms with Crippen molar-refractivity contribution in [1.82, 2.24) is 10.6 Å². The second kappa shape index (κ2) is 8.97. The lowest BCUT2D eigenvalue weighted by Crippen LogP contribution is -2.34. The molecule has 0 aromatic heterocycles. The maximum absolute atomic E-state index is 13.2. The van der Waals surface area contributed by atoms with Crippen LogP contribution in [0, 0.1) is 11.7 Å². The van der Waals surface area contributed by atoms with E-state index in [1.54, 1.807) is 36.4 Å². The number of benzene rings is 2. The molecule has 5 nitrogen and oxygen atoms in total. The normalized spacial score (nSPS) is 14.6. The first-order valence-electron chi connectivity index (χ1n) is 9.62. The molecule has 1 saturated carbocycles. The van der Waals surface area contributed by atoms with Crippen LogP contribution >= 0.6 is 0 Å². The summed E-state index contributed by atoms with van der Waals surface area (Å²) in [5.74, 6) is -0.475. The zero-order valence-electron chi connectivity index (χ0n) is 16.2. The fourth-order valence-electron chi connectivity index (χ4n) is 3.09. The van der Waals surface area contributed by atoms with E-state index in [0.29, 0.717) is 11.3 Å². The van der Waals surface area contributed by atoms with Crippen LogP contribution in [0.25, 0.3) is 0 Å². The van der Waals surface area contributed by atoms with Crippen LogP contribution in [0.4, 0.5) is 10.1 Å². The minimum Gasteiger partial charge on any atom is -0.349 e. The van der Waals surface area contributed by atoms with Gasteiger partial charge in [-0.3, -0.25) is 9.59 Å². The van der Waals surface area contributed by atoms with Crippen molar-refractivity contribution in [2.24, 2.45) is 5.92 Å². The van der Waals surface area contributed by atoms with Crippen LogP contribution in [-0.4, -0.2) is 24.4 Å². The molecule has 0 aliphatic heterocycles. The molecular formula is C22H26FN3O2. The van der Waals surface area contributed by atoms with Gasteiger partial charge in [-0.25, -0.2) is 4.39 Å². The number of hydrogen-bond acceptors (Lipinski definition) is 3. The molecule has 1 aliphatic rings. The number of carbonyl (C=O) groups is 2. The highest BCUT2D eigenvalue weighted by atomic mass is 19.1. The van der Waals surface area contributed by atoms with Crippen LogP contribution in [-0.2, 0) is 4.79 Å². The van der Waals surface area contributed by atoms with Crippen molar-refractivity contribution in [2.45, 2.75) is 38.8 Å². The fraction of sp³-hybridized carbons (Fsp3) is 0.364. The molecule has 2 aromatic carbocycles. The Kier molecular flexibility index (Phi) is 6.41. The van der Waals surface area contributed by atoms with E-state index in [1.807, 2.05) is 13.8 Å². The minimum atomic E-state index is -0.287. The minimum absolute atomic E-state index is 0.0821. The van der Waals surface area contributed by atoms with Gasteiger partial charge in [0.05, 0.1) is 17.8 Å². The van der Waals surface area contributed by atoms with Crippen LogP contribution in [0.2, 0.25) is 0 Å². The molecule has 0 spiro atoms. The van der Waals surface area contributed by atoms with Gasteiger partial charge >= 0.3 is 0 Å². The number of para-hydroxylation sites is 1. The maximum Gasteiger partial charge on any atom is 0.253 e. The van der Waals surface area contributed by atoms with Crippen molar-refractivity contribution >= 4 is 17.5 Å². The van der Waals surface area contributed by atoms with Crippen LogP contribution in [0.5, 0.6) is 0 Å². The Morgan fingerprint density at radius 3 is 2.39 bits per heavy atom. The van der Waals surface area contributed by atoms with Gasteiger partial charge < -0.3 is 16.0 Å². The third kappa shape index (κ3) is 5.39. The van der Waals surface area contributed by atoms with E-state index >= 15 is 0 Å². The lowest BCUT2D eigenvalue weighted by Gasteiger charge is -2.23. The Hall–Kier alpha value is -2.73. The molecule has 6 heteroatoms. The number of rotatable bonds is 8. The first kappa shape index (κ1) is 20.0. The van der Waals surface area contributed by atoms with E-state index in [1.165, 1.54) is 12.1 Å². The van der Waals surface area contributed by atoms with Gasteiger partial charge in [-0.05, 0) is 48.6 Å². The SMILES string of the molecule is CC(C)C(NCC(=O)Nc1ccccc1C(=O)NC1CC1)c1ccc(F)cc1. The summed E-state index contributed by atoms with van der Waals surface area (Å²) in [6.07, 6.45) is 2.01. The van der Waals surface area contributed by atoms with Crippen LogP contribution < -0.4 is 16.0 Å². The summed E-state index contributed by atoms with van der Waals surface area (Å²) < 4.78 is 13.2. The molecule has 3 rings (SSSR count). The summed E-state index contributed by atoms with van der Waals surface area (Å²) in [6, 6.07) is 13.4. The summed E-state index contributed by atoms with van der Waals surface area (Å²) in [6.45, 7) is 4.16. The quantitative estimate of drug-likeness (QED) is 0.652. The van der Waals surface area contributed by atoms with Gasteiger partial charge in [0.2, 0.25) is 5.91 Å². The molecule has 1 atom stereocenters. The second-order valence-corrected chi connectivity index (χ2v) is 7.50. The number of amides is 2. The highest BCUT2D eigenvalue weighted by Crippen LogP contribution is 2.23. The number of anilines is 1. The first-order chi connectivity index (χ1) is 13.4. The standard InChI is InChI=1S/C22H26FN3O2/c1-14(2)21(15-7-9-16(23)10-8-15)24-13-20(27)26-19-6-4-3-5-18(19)22(28)25-17-11-12-17/h3-10,14,17,21,24H,11-13H2,1-2H3,(H,25,28)(H,26,27). The van der Waals surface area contributed by atoms with Crippen molar-refractivity contribution in [3.05, 3.63) is 65.5 Å². The van der Waals surface area contributed by atoms with Crippen molar-refractivity contribution in [1.29, 1.82) is 0 Å². The topological polar surface area (TPSA) is 70.2 Å². The van der Waals surface area contributed by atoms with E-state index in [0.717, 1.165) is 18.4 Å². The van der Waals surface area contributed by atoms with E-state index in [2.05, 4.69) is 16.0 Å². The van der Waals surface area contributed by atoms with Crippen LogP contribution in [0.15, 0.2) is 48.5 Å². The number of carbonyl (C=O) groups excluding carboxylic acids is 2. The van der Waals surface area contributed by atoms with Crippen LogP contribution in [0.3, 0.4) is 0 Å². The molecule has 0 saturated heterocycles. The predicted molar refractivity (Wildman–Crippen MR) is 108 cm³/mol. The van der Waals surface area contributed by atoms with E-state index in [-0.39, 0.29) is 42.2 Å². The van der Waals surface area contributed by atoms with Crippen LogP contribution in [0.1, 0.15) is 48.7 Å². The van der Waals surface area contributed by atoms with Gasteiger partial charge in [0.15, 0.2) is 0 Å². The van der Waals surface area contributed by atoms with Crippen molar-refractivity contribution in [3.63, 3.8) is 0 Å². The highest BCUT2D eigenvalue weighted by Gasteiger charge is 2.25. The molecule has 2 amide bonds. The van der Waals surface area contributed by atoms with Gasteiger partial charge in [-0.15, -0.1) is 0 Å². The Labute approximate surface area is 164 Å². The molecule has 0 bridgehead atoms. The van der Waals surface area contributed by atoms with Gasteiger partial charge in [0.1, 0.15) is 5.82 Å². The lowest BCUT2D eigenvalue weighted by atomic mass is 9.96. The van der Waals surface area contributed by atoms with Crippen molar-refractivity contribution < 1.29 is 14.0 Å². The molecule has 0 radical (unpaired) electrons. The molecule has 1 fully saturated rings. The number of nitrogens with one attached hydrogen (secondary N) is 3. The summed E-state index contributed by atoms with van der Waals surface area (Å²) in [5.41, 5.74) is 1.88. The lowest BCUT2D eigenvalue weighted by molar-refractivity contribution is -0.115. The van der Waals surface area contributed by atoms with E-state index in [9.17, 15) is 14.0 Å². The predicted octanol–water partition coefficient (Wildman–Crippen LogP) is 3.64. The molecule has 148 valence electrons. The number of halogens is 1. The molecular weight excluding hydrogens is 357 g/mol. The average molecular weight is 383 g/mol. The Morgan fingerprint density at radius 1 is 1.07 bits per heavy atom.